The number of rotatable bonds is 20. The molecule has 2 heterocycles. The van der Waals surface area contributed by atoms with Gasteiger partial charge in [-0.2, -0.15) is 0 Å². The van der Waals surface area contributed by atoms with Crippen molar-refractivity contribution >= 4 is 12.0 Å². The van der Waals surface area contributed by atoms with Crippen molar-refractivity contribution in [3.63, 3.8) is 0 Å². The first-order valence-corrected chi connectivity index (χ1v) is 16.0. The van der Waals surface area contributed by atoms with Gasteiger partial charge in [-0.25, -0.2) is 4.79 Å². The summed E-state index contributed by atoms with van der Waals surface area (Å²) in [5, 5.41) is 2.69. The van der Waals surface area contributed by atoms with Gasteiger partial charge in [0.15, 0.2) is 0 Å². The highest BCUT2D eigenvalue weighted by atomic mass is 16.7. The zero-order valence-electron chi connectivity index (χ0n) is 24.6. The minimum Gasteiger partial charge on any atom is -0.352 e. The number of unbranched alkanes of at least 4 members (excludes halogenated alkanes) is 15. The lowest BCUT2D eigenvalue weighted by Gasteiger charge is -2.34. The maximum atomic E-state index is 12.9. The molecule has 39 heavy (non-hydrogen) atoms. The third-order valence-corrected chi connectivity index (χ3v) is 8.21. The second kappa shape index (κ2) is 19.0. The minimum absolute atomic E-state index is 0.110. The van der Waals surface area contributed by atoms with Crippen molar-refractivity contribution in [3.8, 4) is 0 Å². The van der Waals surface area contributed by atoms with Crippen LogP contribution in [0, 0.1) is 0 Å². The van der Waals surface area contributed by atoms with E-state index in [1.807, 2.05) is 29.2 Å². The molecule has 2 amide bonds. The monoisotopic (exact) mass is 542 g/mol. The van der Waals surface area contributed by atoms with Crippen LogP contribution in [-0.4, -0.2) is 60.7 Å². The van der Waals surface area contributed by atoms with Crippen LogP contribution in [0.5, 0.6) is 0 Å². The molecule has 0 spiro atoms. The van der Waals surface area contributed by atoms with Crippen LogP contribution in [-0.2, 0) is 11.3 Å². The fraction of sp³-hybridized carbons (Fsp3) is 0.750. The number of piperazine rings is 1. The molecular weight excluding hydrogens is 488 g/mol. The number of carbonyl (C=O) groups excluding carboxylic acids is 2. The van der Waals surface area contributed by atoms with E-state index in [2.05, 4.69) is 22.6 Å². The van der Waals surface area contributed by atoms with Crippen molar-refractivity contribution in [2.75, 3.05) is 32.7 Å². The SMILES string of the molecule is CCCCCCCCCCCCCCCCCCN1CCN(C(=O)c2ccc(CC3NOC(=O)N3)cc2)CC1. The molecule has 0 saturated carbocycles. The largest absolute Gasteiger partial charge is 0.427 e. The van der Waals surface area contributed by atoms with Gasteiger partial charge in [0, 0.05) is 38.2 Å². The summed E-state index contributed by atoms with van der Waals surface area (Å²) in [5.74, 6) is 0.110. The normalized spacial score (nSPS) is 17.8. The van der Waals surface area contributed by atoms with Crippen LogP contribution in [0.4, 0.5) is 4.79 Å². The average molecular weight is 543 g/mol. The molecule has 0 radical (unpaired) electrons. The molecule has 0 aromatic heterocycles. The topological polar surface area (TPSA) is 73.9 Å². The number of hydrogen-bond donors (Lipinski definition) is 2. The van der Waals surface area contributed by atoms with Crippen LogP contribution in [0.3, 0.4) is 0 Å². The molecule has 1 unspecified atom stereocenters. The number of amides is 2. The van der Waals surface area contributed by atoms with Gasteiger partial charge in [0.2, 0.25) is 0 Å². The fourth-order valence-electron chi connectivity index (χ4n) is 5.68. The Bertz CT molecular complexity index is 808. The zero-order valence-corrected chi connectivity index (χ0v) is 24.6. The molecule has 2 N–H and O–H groups in total. The van der Waals surface area contributed by atoms with Crippen LogP contribution in [0.15, 0.2) is 24.3 Å². The highest BCUT2D eigenvalue weighted by Crippen LogP contribution is 2.15. The molecule has 2 saturated heterocycles. The van der Waals surface area contributed by atoms with E-state index in [4.69, 9.17) is 4.84 Å². The van der Waals surface area contributed by atoms with Crippen LogP contribution in [0.25, 0.3) is 0 Å². The molecule has 1 aromatic carbocycles. The van der Waals surface area contributed by atoms with Crippen molar-refractivity contribution in [3.05, 3.63) is 35.4 Å². The number of hydroxylamine groups is 1. The van der Waals surface area contributed by atoms with Crippen LogP contribution >= 0.6 is 0 Å². The standard InChI is InChI=1S/C32H54N4O3/c1-2-3-4-5-6-7-8-9-10-11-12-13-14-15-16-17-22-35-23-25-36(26-24-35)31(37)29-20-18-28(19-21-29)27-30-33-32(38)39-34-30/h18-21,30,34H,2-17,22-27H2,1H3,(H,33,38). The molecule has 0 aliphatic carbocycles. The first-order valence-electron chi connectivity index (χ1n) is 16.0. The van der Waals surface area contributed by atoms with E-state index in [0.29, 0.717) is 6.42 Å². The Morgan fingerprint density at radius 2 is 1.28 bits per heavy atom. The Hall–Kier alpha value is -2.12. The van der Waals surface area contributed by atoms with Crippen molar-refractivity contribution in [1.29, 1.82) is 0 Å². The zero-order chi connectivity index (χ0) is 27.5. The summed E-state index contributed by atoms with van der Waals surface area (Å²) in [4.78, 5) is 33.3. The predicted octanol–water partition coefficient (Wildman–Crippen LogP) is 6.82. The minimum atomic E-state index is -0.458. The van der Waals surface area contributed by atoms with E-state index in [-0.39, 0.29) is 12.1 Å². The second-order valence-electron chi connectivity index (χ2n) is 11.5. The van der Waals surface area contributed by atoms with Gasteiger partial charge in [0.25, 0.3) is 5.91 Å². The summed E-state index contributed by atoms with van der Waals surface area (Å²) in [6.07, 6.45) is 22.4. The number of hydrogen-bond acceptors (Lipinski definition) is 5. The first kappa shape index (κ1) is 31.4. The summed E-state index contributed by atoms with van der Waals surface area (Å²) >= 11 is 0. The lowest BCUT2D eigenvalue weighted by atomic mass is 10.0. The van der Waals surface area contributed by atoms with Crippen LogP contribution in [0.2, 0.25) is 0 Å². The number of nitrogens with zero attached hydrogens (tertiary/aromatic N) is 2. The smallest absolute Gasteiger partial charge is 0.352 e. The van der Waals surface area contributed by atoms with Crippen molar-refractivity contribution in [1.82, 2.24) is 20.6 Å². The average Bonchev–Trinajstić information content (AvgIpc) is 3.37. The lowest BCUT2D eigenvalue weighted by molar-refractivity contribution is 0.0635. The quantitative estimate of drug-likeness (QED) is 0.177. The first-order chi connectivity index (χ1) is 19.2. The Labute approximate surface area is 237 Å². The molecule has 2 aliphatic heterocycles. The maximum absolute atomic E-state index is 12.9. The number of carbonyl (C=O) groups is 2. The third-order valence-electron chi connectivity index (χ3n) is 8.21. The van der Waals surface area contributed by atoms with E-state index < -0.39 is 6.09 Å². The molecule has 2 fully saturated rings. The molecular formula is C32H54N4O3. The molecule has 0 bridgehead atoms. The number of nitrogens with one attached hydrogen (secondary N) is 2. The molecule has 1 atom stereocenters. The van der Waals surface area contributed by atoms with Gasteiger partial charge in [-0.3, -0.25) is 9.69 Å². The summed E-state index contributed by atoms with van der Waals surface area (Å²) in [6.45, 7) is 6.98. The third kappa shape index (κ3) is 12.7. The van der Waals surface area contributed by atoms with Gasteiger partial charge in [-0.05, 0) is 30.7 Å². The Morgan fingerprint density at radius 1 is 0.769 bits per heavy atom. The van der Waals surface area contributed by atoms with E-state index in [0.717, 1.165) is 43.9 Å². The highest BCUT2D eigenvalue weighted by Gasteiger charge is 2.23. The van der Waals surface area contributed by atoms with E-state index in [9.17, 15) is 9.59 Å². The molecule has 2 aliphatic rings. The fourth-order valence-corrected chi connectivity index (χ4v) is 5.68. The van der Waals surface area contributed by atoms with Crippen molar-refractivity contribution in [2.24, 2.45) is 0 Å². The summed E-state index contributed by atoms with van der Waals surface area (Å²) in [6, 6.07) is 7.68. The Morgan fingerprint density at radius 3 is 1.77 bits per heavy atom. The predicted molar refractivity (Wildman–Crippen MR) is 159 cm³/mol. The van der Waals surface area contributed by atoms with E-state index in [1.165, 1.54) is 103 Å². The molecule has 1 aromatic rings. The second-order valence-corrected chi connectivity index (χ2v) is 11.5. The van der Waals surface area contributed by atoms with Crippen molar-refractivity contribution in [2.45, 2.75) is 122 Å². The summed E-state index contributed by atoms with van der Waals surface area (Å²) in [5.41, 5.74) is 4.42. The maximum Gasteiger partial charge on any atom is 0.427 e. The molecule has 7 heteroatoms. The molecule has 7 nitrogen and oxygen atoms in total. The molecule has 3 rings (SSSR count). The van der Waals surface area contributed by atoms with Gasteiger partial charge in [0.05, 0.1) is 0 Å². The van der Waals surface area contributed by atoms with Gasteiger partial charge < -0.3 is 15.1 Å². The van der Waals surface area contributed by atoms with E-state index in [1.54, 1.807) is 0 Å². The lowest BCUT2D eigenvalue weighted by Crippen LogP contribution is -2.48. The van der Waals surface area contributed by atoms with Crippen LogP contribution < -0.4 is 10.8 Å². The van der Waals surface area contributed by atoms with Gasteiger partial charge in [-0.15, -0.1) is 5.48 Å². The highest BCUT2D eigenvalue weighted by molar-refractivity contribution is 5.94. The molecule has 220 valence electrons. The number of benzene rings is 1. The Balaban J connectivity index is 1.13. The van der Waals surface area contributed by atoms with Gasteiger partial charge in [0.1, 0.15) is 6.17 Å². The van der Waals surface area contributed by atoms with Crippen molar-refractivity contribution < 1.29 is 14.4 Å². The van der Waals surface area contributed by atoms with Gasteiger partial charge >= 0.3 is 6.09 Å². The van der Waals surface area contributed by atoms with E-state index >= 15 is 0 Å². The Kier molecular flexibility index (Phi) is 15.3. The van der Waals surface area contributed by atoms with Gasteiger partial charge in [-0.1, -0.05) is 115 Å². The summed E-state index contributed by atoms with van der Waals surface area (Å²) < 4.78 is 0. The van der Waals surface area contributed by atoms with Crippen LogP contribution in [0.1, 0.15) is 126 Å². The summed E-state index contributed by atoms with van der Waals surface area (Å²) in [7, 11) is 0.